The fraction of sp³-hybridized carbons (Fsp3) is 0.154. The van der Waals surface area contributed by atoms with E-state index < -0.39 is 0 Å². The molecule has 0 spiro atoms. The summed E-state index contributed by atoms with van der Waals surface area (Å²) >= 11 is 0. The first-order valence-electron chi connectivity index (χ1n) is 5.67. The van der Waals surface area contributed by atoms with Crippen LogP contribution in [-0.4, -0.2) is 22.2 Å². The van der Waals surface area contributed by atoms with Crippen molar-refractivity contribution in [3.05, 3.63) is 36.4 Å². The molecule has 2 aromatic heterocycles. The van der Waals surface area contributed by atoms with Gasteiger partial charge in [0.25, 0.3) is 5.89 Å². The van der Waals surface area contributed by atoms with Crippen LogP contribution in [0.1, 0.15) is 5.89 Å². The maximum Gasteiger partial charge on any atom is 0.280 e. The molecule has 0 aliphatic rings. The molecule has 0 atom stereocenters. The fourth-order valence-corrected chi connectivity index (χ4v) is 1.65. The number of aryl methyl sites for hydroxylation is 1. The SMILES string of the molecule is COc1ccc(-c2noc(-c3coc(C)n3)n2)cc1. The van der Waals surface area contributed by atoms with Crippen LogP contribution in [0.25, 0.3) is 23.0 Å². The number of ether oxygens (including phenoxy) is 1. The normalized spacial score (nSPS) is 10.6. The molecular weight excluding hydrogens is 246 g/mol. The number of benzene rings is 1. The predicted octanol–water partition coefficient (Wildman–Crippen LogP) is 2.71. The number of methoxy groups -OCH3 is 1. The molecule has 19 heavy (non-hydrogen) atoms. The lowest BCUT2D eigenvalue weighted by atomic mass is 10.2. The molecule has 0 N–H and O–H groups in total. The van der Waals surface area contributed by atoms with Crippen molar-refractivity contribution in [2.45, 2.75) is 6.92 Å². The summed E-state index contributed by atoms with van der Waals surface area (Å²) in [5.41, 5.74) is 1.38. The van der Waals surface area contributed by atoms with Gasteiger partial charge in [0.05, 0.1) is 7.11 Å². The van der Waals surface area contributed by atoms with Gasteiger partial charge < -0.3 is 13.7 Å². The molecule has 0 saturated heterocycles. The molecule has 0 amide bonds. The number of nitrogens with zero attached hydrogens (tertiary/aromatic N) is 3. The summed E-state index contributed by atoms with van der Waals surface area (Å²) in [7, 11) is 1.62. The summed E-state index contributed by atoms with van der Waals surface area (Å²) in [6, 6.07) is 7.40. The van der Waals surface area contributed by atoms with E-state index in [9.17, 15) is 0 Å². The first-order chi connectivity index (χ1) is 9.26. The Morgan fingerprint density at radius 3 is 2.53 bits per heavy atom. The number of oxazole rings is 1. The van der Waals surface area contributed by atoms with Crippen molar-refractivity contribution < 1.29 is 13.7 Å². The molecule has 0 aliphatic heterocycles. The number of hydrogen-bond acceptors (Lipinski definition) is 6. The Morgan fingerprint density at radius 1 is 1.11 bits per heavy atom. The van der Waals surface area contributed by atoms with E-state index in [0.29, 0.717) is 23.3 Å². The van der Waals surface area contributed by atoms with Gasteiger partial charge >= 0.3 is 0 Å². The van der Waals surface area contributed by atoms with E-state index in [0.717, 1.165) is 11.3 Å². The van der Waals surface area contributed by atoms with Crippen LogP contribution in [0.2, 0.25) is 0 Å². The van der Waals surface area contributed by atoms with Crippen LogP contribution in [0, 0.1) is 6.92 Å². The van der Waals surface area contributed by atoms with Crippen LogP contribution in [-0.2, 0) is 0 Å². The van der Waals surface area contributed by atoms with Gasteiger partial charge in [-0.25, -0.2) is 4.98 Å². The van der Waals surface area contributed by atoms with Gasteiger partial charge in [0.15, 0.2) is 11.6 Å². The highest BCUT2D eigenvalue weighted by Crippen LogP contribution is 2.23. The highest BCUT2D eigenvalue weighted by molar-refractivity contribution is 5.58. The van der Waals surface area contributed by atoms with Gasteiger partial charge in [-0.3, -0.25) is 0 Å². The molecule has 0 aliphatic carbocycles. The average molecular weight is 257 g/mol. The third-order valence-corrected chi connectivity index (χ3v) is 2.61. The maximum atomic E-state index is 5.16. The summed E-state index contributed by atoms with van der Waals surface area (Å²) in [4.78, 5) is 8.41. The van der Waals surface area contributed by atoms with Crippen molar-refractivity contribution in [2.75, 3.05) is 7.11 Å². The van der Waals surface area contributed by atoms with Crippen molar-refractivity contribution in [1.82, 2.24) is 15.1 Å². The Hall–Kier alpha value is -2.63. The molecule has 1 aromatic carbocycles. The van der Waals surface area contributed by atoms with E-state index in [1.807, 2.05) is 24.3 Å². The molecule has 96 valence electrons. The zero-order valence-electron chi connectivity index (χ0n) is 10.5. The fourth-order valence-electron chi connectivity index (χ4n) is 1.65. The van der Waals surface area contributed by atoms with E-state index in [2.05, 4.69) is 15.1 Å². The maximum absolute atomic E-state index is 5.16. The van der Waals surface area contributed by atoms with Crippen LogP contribution >= 0.6 is 0 Å². The molecule has 0 fully saturated rings. The second-order valence-electron chi connectivity index (χ2n) is 3.90. The third-order valence-electron chi connectivity index (χ3n) is 2.61. The Balaban J connectivity index is 1.91. The van der Waals surface area contributed by atoms with Gasteiger partial charge in [-0.15, -0.1) is 0 Å². The van der Waals surface area contributed by atoms with Crippen molar-refractivity contribution in [2.24, 2.45) is 0 Å². The third kappa shape index (κ3) is 2.20. The summed E-state index contributed by atoms with van der Waals surface area (Å²) in [6.07, 6.45) is 1.49. The van der Waals surface area contributed by atoms with Crippen molar-refractivity contribution >= 4 is 0 Å². The summed E-state index contributed by atoms with van der Waals surface area (Å²) < 4.78 is 15.4. The molecule has 3 aromatic rings. The Labute approximate surface area is 109 Å². The Bertz CT molecular complexity index is 685. The van der Waals surface area contributed by atoms with Crippen molar-refractivity contribution in [1.29, 1.82) is 0 Å². The minimum Gasteiger partial charge on any atom is -0.497 e. The Kier molecular flexibility index (Phi) is 2.75. The average Bonchev–Trinajstić information content (AvgIpc) is 3.07. The topological polar surface area (TPSA) is 74.2 Å². The van der Waals surface area contributed by atoms with Gasteiger partial charge in [-0.2, -0.15) is 4.98 Å². The zero-order valence-corrected chi connectivity index (χ0v) is 10.5. The minimum absolute atomic E-state index is 0.336. The lowest BCUT2D eigenvalue weighted by Crippen LogP contribution is -1.84. The molecule has 6 nitrogen and oxygen atoms in total. The number of rotatable bonds is 3. The number of aromatic nitrogens is 3. The molecule has 0 unspecified atom stereocenters. The molecule has 0 saturated carbocycles. The quantitative estimate of drug-likeness (QED) is 0.718. The predicted molar refractivity (Wildman–Crippen MR) is 66.5 cm³/mol. The van der Waals surface area contributed by atoms with Gasteiger partial charge in [0.2, 0.25) is 5.82 Å². The molecule has 0 bridgehead atoms. The molecule has 2 heterocycles. The van der Waals surface area contributed by atoms with Crippen molar-refractivity contribution in [3.8, 4) is 28.7 Å². The van der Waals surface area contributed by atoms with E-state index >= 15 is 0 Å². The van der Waals surface area contributed by atoms with E-state index in [1.54, 1.807) is 14.0 Å². The lowest BCUT2D eigenvalue weighted by Gasteiger charge is -1.98. The highest BCUT2D eigenvalue weighted by atomic mass is 16.5. The van der Waals surface area contributed by atoms with Gasteiger partial charge in [-0.05, 0) is 24.3 Å². The summed E-state index contributed by atoms with van der Waals surface area (Å²) in [6.45, 7) is 1.75. The standard InChI is InChI=1S/C13H11N3O3/c1-8-14-11(7-18-8)13-15-12(16-19-13)9-3-5-10(17-2)6-4-9/h3-7H,1-2H3. The summed E-state index contributed by atoms with van der Waals surface area (Å²) in [5, 5.41) is 3.92. The second kappa shape index (κ2) is 4.56. The molecule has 3 rings (SSSR count). The van der Waals surface area contributed by atoms with E-state index in [4.69, 9.17) is 13.7 Å². The Morgan fingerprint density at radius 2 is 1.89 bits per heavy atom. The smallest absolute Gasteiger partial charge is 0.280 e. The van der Waals surface area contributed by atoms with Crippen LogP contribution in [0.15, 0.2) is 39.5 Å². The molecular formula is C13H11N3O3. The van der Waals surface area contributed by atoms with E-state index in [1.165, 1.54) is 6.26 Å². The summed E-state index contributed by atoms with van der Waals surface area (Å²) in [5.74, 6) is 2.17. The minimum atomic E-state index is 0.336. The van der Waals surface area contributed by atoms with Crippen LogP contribution in [0.4, 0.5) is 0 Å². The lowest BCUT2D eigenvalue weighted by molar-refractivity contribution is 0.414. The van der Waals surface area contributed by atoms with Crippen LogP contribution < -0.4 is 4.74 Å². The first kappa shape index (κ1) is 11.5. The van der Waals surface area contributed by atoms with Gasteiger partial charge in [-0.1, -0.05) is 5.16 Å². The van der Waals surface area contributed by atoms with Gasteiger partial charge in [0.1, 0.15) is 12.0 Å². The molecule has 0 radical (unpaired) electrons. The largest absolute Gasteiger partial charge is 0.497 e. The van der Waals surface area contributed by atoms with Crippen molar-refractivity contribution in [3.63, 3.8) is 0 Å². The molecule has 6 heteroatoms. The zero-order chi connectivity index (χ0) is 13.2. The monoisotopic (exact) mass is 257 g/mol. The highest BCUT2D eigenvalue weighted by Gasteiger charge is 2.13. The van der Waals surface area contributed by atoms with Gasteiger partial charge in [0, 0.05) is 12.5 Å². The van der Waals surface area contributed by atoms with Crippen LogP contribution in [0.5, 0.6) is 5.75 Å². The number of hydrogen-bond donors (Lipinski definition) is 0. The first-order valence-corrected chi connectivity index (χ1v) is 5.67. The van der Waals surface area contributed by atoms with E-state index in [-0.39, 0.29) is 0 Å². The second-order valence-corrected chi connectivity index (χ2v) is 3.90. The van der Waals surface area contributed by atoms with Crippen LogP contribution in [0.3, 0.4) is 0 Å².